The number of aryl methyl sites for hydroxylation is 2. The minimum Gasteiger partial charge on any atom is -0.478 e. The highest BCUT2D eigenvalue weighted by Gasteiger charge is 2.14. The number of fused-ring (bicyclic) bond motifs is 1. The highest BCUT2D eigenvalue weighted by molar-refractivity contribution is 5.87. The number of rotatable bonds is 3. The third kappa shape index (κ3) is 2.20. The zero-order valence-corrected chi connectivity index (χ0v) is 11.7. The Hall–Kier alpha value is -2.89. The van der Waals surface area contributed by atoms with Crippen molar-refractivity contribution in [2.24, 2.45) is 7.05 Å². The molecule has 0 saturated carbocycles. The van der Waals surface area contributed by atoms with Crippen molar-refractivity contribution in [2.75, 3.05) is 0 Å². The average Bonchev–Trinajstić information content (AvgIpc) is 2.97. The van der Waals surface area contributed by atoms with Crippen LogP contribution in [0.1, 0.15) is 11.3 Å². The first kappa shape index (κ1) is 13.1. The fraction of sp³-hybridized carbons (Fsp3) is 0.133. The van der Waals surface area contributed by atoms with Gasteiger partial charge in [0.05, 0.1) is 11.2 Å². The summed E-state index contributed by atoms with van der Waals surface area (Å²) in [7, 11) is 1.84. The first-order chi connectivity index (χ1) is 10.1. The molecular weight excluding hydrogens is 268 g/mol. The zero-order chi connectivity index (χ0) is 15.0. The maximum Gasteiger partial charge on any atom is 0.328 e. The number of carboxylic acid groups (broad SMARTS) is 1. The summed E-state index contributed by atoms with van der Waals surface area (Å²) >= 11 is 0. The first-order valence-corrected chi connectivity index (χ1v) is 6.44. The molecule has 0 amide bonds. The molecule has 1 N–H and O–H groups in total. The Bertz CT molecular complexity index is 858. The lowest BCUT2D eigenvalue weighted by Gasteiger charge is -2.07. The number of carbonyl (C=O) groups is 1. The molecule has 3 aromatic heterocycles. The monoisotopic (exact) mass is 282 g/mol. The molecule has 3 aromatic rings. The van der Waals surface area contributed by atoms with E-state index >= 15 is 0 Å². The molecule has 0 fully saturated rings. The summed E-state index contributed by atoms with van der Waals surface area (Å²) in [5.74, 6) is -0.156. The third-order valence-electron chi connectivity index (χ3n) is 3.35. The van der Waals surface area contributed by atoms with E-state index in [2.05, 4.69) is 10.1 Å². The van der Waals surface area contributed by atoms with Crippen molar-refractivity contribution in [3.63, 3.8) is 0 Å². The Morgan fingerprint density at radius 3 is 2.95 bits per heavy atom. The molecule has 0 saturated heterocycles. The second-order valence-corrected chi connectivity index (χ2v) is 4.74. The zero-order valence-electron chi connectivity index (χ0n) is 11.7. The van der Waals surface area contributed by atoms with Gasteiger partial charge in [-0.05, 0) is 25.1 Å². The summed E-state index contributed by atoms with van der Waals surface area (Å²) in [4.78, 5) is 14.9. The quantitative estimate of drug-likeness (QED) is 0.747. The van der Waals surface area contributed by atoms with Gasteiger partial charge in [-0.1, -0.05) is 0 Å². The fourth-order valence-corrected chi connectivity index (χ4v) is 2.46. The number of aliphatic carboxylic acids is 1. The number of pyridine rings is 1. The minimum atomic E-state index is -0.981. The standard InChI is InChI=1S/C15H14N4O2/c1-10-12(3-4-14(20)21)15(18(2)17-10)19-8-6-11-9-16-7-5-13(11)19/h3-9H,1-2H3,(H,20,21)/b4-3+. The van der Waals surface area contributed by atoms with E-state index in [0.29, 0.717) is 0 Å². The van der Waals surface area contributed by atoms with Crippen molar-refractivity contribution in [2.45, 2.75) is 6.92 Å². The molecular formula is C15H14N4O2. The van der Waals surface area contributed by atoms with Gasteiger partial charge in [0.25, 0.3) is 0 Å². The second kappa shape index (κ2) is 4.90. The lowest BCUT2D eigenvalue weighted by atomic mass is 10.2. The highest BCUT2D eigenvalue weighted by Crippen LogP contribution is 2.24. The van der Waals surface area contributed by atoms with Gasteiger partial charge in [0.15, 0.2) is 0 Å². The summed E-state index contributed by atoms with van der Waals surface area (Å²) in [6.07, 6.45) is 8.16. The van der Waals surface area contributed by atoms with Gasteiger partial charge in [-0.2, -0.15) is 5.10 Å². The van der Waals surface area contributed by atoms with Crippen LogP contribution in [0.15, 0.2) is 36.8 Å². The van der Waals surface area contributed by atoms with Gasteiger partial charge < -0.3 is 9.67 Å². The third-order valence-corrected chi connectivity index (χ3v) is 3.35. The van der Waals surface area contributed by atoms with E-state index in [4.69, 9.17) is 5.11 Å². The van der Waals surface area contributed by atoms with Crippen LogP contribution in [0, 0.1) is 6.92 Å². The molecule has 0 radical (unpaired) electrons. The lowest BCUT2D eigenvalue weighted by molar-refractivity contribution is -0.131. The van der Waals surface area contributed by atoms with Crippen molar-refractivity contribution < 1.29 is 9.90 Å². The molecule has 6 nitrogen and oxygen atoms in total. The van der Waals surface area contributed by atoms with Gasteiger partial charge in [-0.25, -0.2) is 4.79 Å². The van der Waals surface area contributed by atoms with E-state index in [-0.39, 0.29) is 0 Å². The average molecular weight is 282 g/mol. The maximum atomic E-state index is 10.8. The van der Waals surface area contributed by atoms with E-state index in [9.17, 15) is 4.79 Å². The highest BCUT2D eigenvalue weighted by atomic mass is 16.4. The molecule has 0 spiro atoms. The van der Waals surface area contributed by atoms with E-state index < -0.39 is 5.97 Å². The molecule has 0 unspecified atom stereocenters. The van der Waals surface area contributed by atoms with Gasteiger partial charge in [0.1, 0.15) is 5.82 Å². The molecule has 106 valence electrons. The Labute approximate surface area is 121 Å². The van der Waals surface area contributed by atoms with Crippen molar-refractivity contribution in [1.82, 2.24) is 19.3 Å². The van der Waals surface area contributed by atoms with Crippen molar-refractivity contribution >= 4 is 22.9 Å². The number of hydrogen-bond donors (Lipinski definition) is 1. The molecule has 0 bridgehead atoms. The Balaban J connectivity index is 2.25. The summed E-state index contributed by atoms with van der Waals surface area (Å²) in [5, 5.41) is 14.2. The summed E-state index contributed by atoms with van der Waals surface area (Å²) in [6, 6.07) is 3.89. The summed E-state index contributed by atoms with van der Waals surface area (Å²) in [5.41, 5.74) is 2.56. The topological polar surface area (TPSA) is 72.9 Å². The predicted octanol–water partition coefficient (Wildman–Crippen LogP) is 2.17. The second-order valence-electron chi connectivity index (χ2n) is 4.74. The van der Waals surface area contributed by atoms with Crippen LogP contribution in [0.5, 0.6) is 0 Å². The first-order valence-electron chi connectivity index (χ1n) is 6.44. The van der Waals surface area contributed by atoms with Crippen molar-refractivity contribution in [3.8, 4) is 5.82 Å². The number of aromatic nitrogens is 4. The van der Waals surface area contributed by atoms with Gasteiger partial charge in [-0.3, -0.25) is 9.67 Å². The van der Waals surface area contributed by atoms with Gasteiger partial charge in [-0.15, -0.1) is 0 Å². The van der Waals surface area contributed by atoms with Crippen LogP contribution in [0.4, 0.5) is 0 Å². The molecule has 0 aliphatic heterocycles. The molecule has 3 heterocycles. The SMILES string of the molecule is Cc1nn(C)c(-n2ccc3cnccc32)c1/C=C/C(=O)O. The molecule has 0 aliphatic rings. The van der Waals surface area contributed by atoms with E-state index in [1.54, 1.807) is 23.2 Å². The van der Waals surface area contributed by atoms with Crippen LogP contribution in [-0.4, -0.2) is 30.4 Å². The van der Waals surface area contributed by atoms with E-state index in [1.165, 1.54) is 0 Å². The molecule has 3 rings (SSSR count). The van der Waals surface area contributed by atoms with Crippen LogP contribution in [0.2, 0.25) is 0 Å². The Morgan fingerprint density at radius 1 is 1.38 bits per heavy atom. The normalized spacial score (nSPS) is 11.5. The molecule has 0 aliphatic carbocycles. The van der Waals surface area contributed by atoms with E-state index in [1.807, 2.05) is 36.9 Å². The van der Waals surface area contributed by atoms with Gasteiger partial charge >= 0.3 is 5.97 Å². The molecule has 6 heteroatoms. The van der Waals surface area contributed by atoms with Crippen LogP contribution in [0.3, 0.4) is 0 Å². The lowest BCUT2D eigenvalue weighted by Crippen LogP contribution is -2.03. The number of carboxylic acids is 1. The van der Waals surface area contributed by atoms with E-state index in [0.717, 1.165) is 34.1 Å². The van der Waals surface area contributed by atoms with Crippen molar-refractivity contribution in [1.29, 1.82) is 0 Å². The fourth-order valence-electron chi connectivity index (χ4n) is 2.46. The van der Waals surface area contributed by atoms with Crippen LogP contribution in [0.25, 0.3) is 22.8 Å². The van der Waals surface area contributed by atoms with Crippen LogP contribution >= 0.6 is 0 Å². The maximum absolute atomic E-state index is 10.8. The Morgan fingerprint density at radius 2 is 2.19 bits per heavy atom. The molecule has 21 heavy (non-hydrogen) atoms. The van der Waals surface area contributed by atoms with Crippen molar-refractivity contribution in [3.05, 3.63) is 48.1 Å². The summed E-state index contributed by atoms with van der Waals surface area (Å²) in [6.45, 7) is 1.86. The van der Waals surface area contributed by atoms with Crippen LogP contribution in [-0.2, 0) is 11.8 Å². The van der Waals surface area contributed by atoms with Gasteiger partial charge in [0.2, 0.25) is 0 Å². The predicted molar refractivity (Wildman–Crippen MR) is 79.2 cm³/mol. The molecule has 0 atom stereocenters. The molecule has 0 aromatic carbocycles. The van der Waals surface area contributed by atoms with Crippen LogP contribution < -0.4 is 0 Å². The number of nitrogens with zero attached hydrogens (tertiary/aromatic N) is 4. The summed E-state index contributed by atoms with van der Waals surface area (Å²) < 4.78 is 3.73. The number of hydrogen-bond acceptors (Lipinski definition) is 3. The largest absolute Gasteiger partial charge is 0.478 e. The Kier molecular flexibility index (Phi) is 3.06. The smallest absolute Gasteiger partial charge is 0.328 e. The minimum absolute atomic E-state index is 0.779. The van der Waals surface area contributed by atoms with Gasteiger partial charge in [0, 0.05) is 42.7 Å².